The van der Waals surface area contributed by atoms with E-state index in [-0.39, 0.29) is 5.69 Å². The maximum absolute atomic E-state index is 13.2. The van der Waals surface area contributed by atoms with Crippen LogP contribution >= 0.6 is 0 Å². The summed E-state index contributed by atoms with van der Waals surface area (Å²) >= 11 is 0. The molecule has 0 aromatic heterocycles. The lowest BCUT2D eigenvalue weighted by atomic mass is 10.2. The van der Waals surface area contributed by atoms with Crippen molar-refractivity contribution in [3.63, 3.8) is 0 Å². The fourth-order valence-electron chi connectivity index (χ4n) is 1.24. The van der Waals surface area contributed by atoms with E-state index in [2.05, 4.69) is 0 Å². The van der Waals surface area contributed by atoms with Crippen LogP contribution in [0.25, 0.3) is 0 Å². The molecule has 4 heteroatoms. The SMILES string of the molecule is CCCN(CF)c1cc(F)ccc1F. The zero-order valence-electron chi connectivity index (χ0n) is 7.93. The number of hydrogen-bond donors (Lipinski definition) is 0. The lowest BCUT2D eigenvalue weighted by molar-refractivity contribution is 0.465. The van der Waals surface area contributed by atoms with Crippen molar-refractivity contribution < 1.29 is 13.2 Å². The van der Waals surface area contributed by atoms with Crippen molar-refractivity contribution in [3.05, 3.63) is 29.8 Å². The van der Waals surface area contributed by atoms with Gasteiger partial charge in [-0.15, -0.1) is 0 Å². The van der Waals surface area contributed by atoms with Crippen LogP contribution in [0, 0.1) is 11.6 Å². The minimum absolute atomic E-state index is 0.0191. The highest BCUT2D eigenvalue weighted by molar-refractivity contribution is 5.47. The van der Waals surface area contributed by atoms with E-state index in [4.69, 9.17) is 0 Å². The van der Waals surface area contributed by atoms with Gasteiger partial charge in [0.25, 0.3) is 0 Å². The Morgan fingerprint density at radius 2 is 2.00 bits per heavy atom. The second-order valence-electron chi connectivity index (χ2n) is 2.98. The minimum atomic E-state index is -0.811. The summed E-state index contributed by atoms with van der Waals surface area (Å²) in [6.07, 6.45) is 0.680. The molecule has 0 radical (unpaired) electrons. The molecule has 14 heavy (non-hydrogen) atoms. The number of benzene rings is 1. The normalized spacial score (nSPS) is 10.3. The first kappa shape index (κ1) is 10.9. The predicted octanol–water partition coefficient (Wildman–Crippen LogP) is 3.11. The Hall–Kier alpha value is -1.19. The third kappa shape index (κ3) is 2.40. The van der Waals surface area contributed by atoms with Gasteiger partial charge < -0.3 is 4.90 Å². The van der Waals surface area contributed by atoms with Gasteiger partial charge in [0.1, 0.15) is 11.6 Å². The van der Waals surface area contributed by atoms with Crippen LogP contribution < -0.4 is 4.90 Å². The van der Waals surface area contributed by atoms with E-state index in [0.717, 1.165) is 18.2 Å². The highest BCUT2D eigenvalue weighted by Crippen LogP contribution is 2.20. The summed E-state index contributed by atoms with van der Waals surface area (Å²) in [5.74, 6) is -1.16. The first-order valence-electron chi connectivity index (χ1n) is 4.45. The van der Waals surface area contributed by atoms with E-state index in [1.165, 1.54) is 4.90 Å². The lowest BCUT2D eigenvalue weighted by Crippen LogP contribution is -2.23. The van der Waals surface area contributed by atoms with Gasteiger partial charge in [-0.2, -0.15) is 0 Å². The molecule has 1 rings (SSSR count). The summed E-state index contributed by atoms with van der Waals surface area (Å²) in [6, 6.07) is 3.02. The van der Waals surface area contributed by atoms with E-state index >= 15 is 0 Å². The average Bonchev–Trinajstić information content (AvgIpc) is 2.18. The Morgan fingerprint density at radius 3 is 2.57 bits per heavy atom. The van der Waals surface area contributed by atoms with Crippen LogP contribution in [0.15, 0.2) is 18.2 Å². The van der Waals surface area contributed by atoms with Crippen LogP contribution in [0.2, 0.25) is 0 Å². The van der Waals surface area contributed by atoms with Gasteiger partial charge in [-0.1, -0.05) is 6.92 Å². The fourth-order valence-corrected chi connectivity index (χ4v) is 1.24. The largest absolute Gasteiger partial charge is 0.342 e. The Bertz CT molecular complexity index is 301. The summed E-state index contributed by atoms with van der Waals surface area (Å²) in [4.78, 5) is 1.17. The topological polar surface area (TPSA) is 3.24 Å². The maximum Gasteiger partial charge on any atom is 0.162 e. The molecule has 0 amide bonds. The van der Waals surface area contributed by atoms with Gasteiger partial charge in [-0.25, -0.2) is 13.2 Å². The first-order valence-corrected chi connectivity index (χ1v) is 4.45. The third-order valence-electron chi connectivity index (χ3n) is 1.89. The molecule has 0 aliphatic heterocycles. The van der Waals surface area contributed by atoms with Gasteiger partial charge in [0.15, 0.2) is 6.80 Å². The molecule has 1 aromatic rings. The van der Waals surface area contributed by atoms with Gasteiger partial charge in [0.2, 0.25) is 0 Å². The highest BCUT2D eigenvalue weighted by atomic mass is 19.1. The standard InChI is InChI=1S/C10H12F3N/c1-2-5-14(7-11)10-6-8(12)3-4-9(10)13/h3-4,6H,2,5,7H2,1H3. The van der Waals surface area contributed by atoms with Crippen molar-refractivity contribution in [2.24, 2.45) is 0 Å². The molecule has 0 aliphatic carbocycles. The second-order valence-corrected chi connectivity index (χ2v) is 2.98. The number of anilines is 1. The van der Waals surface area contributed by atoms with E-state index in [0.29, 0.717) is 13.0 Å². The van der Waals surface area contributed by atoms with Crippen LogP contribution in [0.5, 0.6) is 0 Å². The second kappa shape index (κ2) is 4.88. The Morgan fingerprint density at radius 1 is 1.29 bits per heavy atom. The third-order valence-corrected chi connectivity index (χ3v) is 1.89. The maximum atomic E-state index is 13.2. The Balaban J connectivity index is 2.96. The molecule has 0 fully saturated rings. The summed E-state index contributed by atoms with van der Waals surface area (Å²) < 4.78 is 38.4. The van der Waals surface area contributed by atoms with E-state index in [1.807, 2.05) is 6.92 Å². The molecule has 0 aliphatic rings. The van der Waals surface area contributed by atoms with Crippen molar-refractivity contribution in [1.82, 2.24) is 0 Å². The van der Waals surface area contributed by atoms with E-state index in [1.54, 1.807) is 0 Å². The zero-order valence-corrected chi connectivity index (χ0v) is 7.93. The number of hydrogen-bond acceptors (Lipinski definition) is 1. The Kier molecular flexibility index (Phi) is 3.80. The fraction of sp³-hybridized carbons (Fsp3) is 0.400. The molecule has 0 saturated heterocycles. The van der Waals surface area contributed by atoms with Crippen LogP contribution in [-0.4, -0.2) is 13.3 Å². The molecule has 0 saturated carbocycles. The summed E-state index contributed by atoms with van der Waals surface area (Å²) in [5, 5.41) is 0. The molecule has 0 atom stereocenters. The van der Waals surface area contributed by atoms with Crippen molar-refractivity contribution in [2.75, 3.05) is 18.2 Å². The van der Waals surface area contributed by atoms with Gasteiger partial charge in [-0.3, -0.25) is 0 Å². The first-order chi connectivity index (χ1) is 6.69. The van der Waals surface area contributed by atoms with Crippen molar-refractivity contribution in [2.45, 2.75) is 13.3 Å². The molecule has 1 nitrogen and oxygen atoms in total. The molecule has 0 bridgehead atoms. The summed E-state index contributed by atoms with van der Waals surface area (Å²) in [5.41, 5.74) is -0.0191. The Labute approximate surface area is 81.1 Å². The molecular weight excluding hydrogens is 191 g/mol. The van der Waals surface area contributed by atoms with Gasteiger partial charge in [-0.05, 0) is 18.6 Å². The van der Waals surface area contributed by atoms with E-state index in [9.17, 15) is 13.2 Å². The number of rotatable bonds is 4. The van der Waals surface area contributed by atoms with Crippen LogP contribution in [0.1, 0.15) is 13.3 Å². The molecule has 0 N–H and O–H groups in total. The molecule has 0 unspecified atom stereocenters. The molecule has 0 spiro atoms. The number of alkyl halides is 1. The van der Waals surface area contributed by atoms with Crippen LogP contribution in [0.3, 0.4) is 0 Å². The molecule has 78 valence electrons. The molecule has 1 aromatic carbocycles. The van der Waals surface area contributed by atoms with Crippen molar-refractivity contribution in [3.8, 4) is 0 Å². The molecule has 0 heterocycles. The van der Waals surface area contributed by atoms with Crippen LogP contribution in [-0.2, 0) is 0 Å². The smallest absolute Gasteiger partial charge is 0.162 e. The minimum Gasteiger partial charge on any atom is -0.342 e. The lowest BCUT2D eigenvalue weighted by Gasteiger charge is -2.20. The summed E-state index contributed by atoms with van der Waals surface area (Å²) in [7, 11) is 0. The van der Waals surface area contributed by atoms with Crippen LogP contribution in [0.4, 0.5) is 18.9 Å². The monoisotopic (exact) mass is 203 g/mol. The number of nitrogens with zero attached hydrogens (tertiary/aromatic N) is 1. The average molecular weight is 203 g/mol. The number of halogens is 3. The van der Waals surface area contributed by atoms with Gasteiger partial charge >= 0.3 is 0 Å². The molecular formula is C10H12F3N. The van der Waals surface area contributed by atoms with Gasteiger partial charge in [0, 0.05) is 12.6 Å². The van der Waals surface area contributed by atoms with Crippen molar-refractivity contribution >= 4 is 5.69 Å². The summed E-state index contributed by atoms with van der Waals surface area (Å²) in [6.45, 7) is 1.41. The highest BCUT2D eigenvalue weighted by Gasteiger charge is 2.11. The zero-order chi connectivity index (χ0) is 10.6. The predicted molar refractivity (Wildman–Crippen MR) is 50.0 cm³/mol. The van der Waals surface area contributed by atoms with Crippen molar-refractivity contribution in [1.29, 1.82) is 0 Å². The quantitative estimate of drug-likeness (QED) is 0.679. The van der Waals surface area contributed by atoms with E-state index < -0.39 is 18.4 Å². The van der Waals surface area contributed by atoms with Gasteiger partial charge in [0.05, 0.1) is 5.69 Å².